The number of thiazole rings is 1. The van der Waals surface area contributed by atoms with E-state index in [4.69, 9.17) is 5.11 Å². The molecule has 16 heavy (non-hydrogen) atoms. The van der Waals surface area contributed by atoms with Crippen LogP contribution in [-0.2, 0) is 6.42 Å². The molecule has 1 rings (SSSR count). The fourth-order valence-corrected chi connectivity index (χ4v) is 2.53. The molecular formula is C12H22N2OS. The standard InChI is InChI=1S/C12H22N2OS/c1-9(2)11(5-7-15)13-6-4-12-10(3)14-8-16-12/h8-9,11,13,15H,4-7H2,1-3H3. The molecule has 1 aromatic heterocycles. The highest BCUT2D eigenvalue weighted by molar-refractivity contribution is 7.09. The van der Waals surface area contributed by atoms with Crippen molar-refractivity contribution in [2.45, 2.75) is 39.7 Å². The van der Waals surface area contributed by atoms with Gasteiger partial charge in [-0.3, -0.25) is 0 Å². The van der Waals surface area contributed by atoms with Crippen molar-refractivity contribution in [1.82, 2.24) is 10.3 Å². The van der Waals surface area contributed by atoms with Gasteiger partial charge in [-0.15, -0.1) is 11.3 Å². The summed E-state index contributed by atoms with van der Waals surface area (Å²) in [5, 5.41) is 12.5. The molecule has 0 amide bonds. The average molecular weight is 242 g/mol. The first-order valence-corrected chi connectivity index (χ1v) is 6.76. The number of nitrogens with zero attached hydrogens (tertiary/aromatic N) is 1. The summed E-state index contributed by atoms with van der Waals surface area (Å²) in [5.41, 5.74) is 3.05. The normalized spacial score (nSPS) is 13.3. The van der Waals surface area contributed by atoms with E-state index in [2.05, 4.69) is 31.1 Å². The number of rotatable bonds is 7. The van der Waals surface area contributed by atoms with Crippen molar-refractivity contribution in [3.63, 3.8) is 0 Å². The molecule has 0 aromatic carbocycles. The lowest BCUT2D eigenvalue weighted by atomic mass is 10.0. The summed E-state index contributed by atoms with van der Waals surface area (Å²) >= 11 is 1.72. The van der Waals surface area contributed by atoms with Gasteiger partial charge in [-0.2, -0.15) is 0 Å². The van der Waals surface area contributed by atoms with E-state index in [1.54, 1.807) is 11.3 Å². The van der Waals surface area contributed by atoms with Crippen LogP contribution in [0.15, 0.2) is 5.51 Å². The zero-order valence-corrected chi connectivity index (χ0v) is 11.2. The summed E-state index contributed by atoms with van der Waals surface area (Å²) in [5.74, 6) is 0.565. The first kappa shape index (κ1) is 13.6. The van der Waals surface area contributed by atoms with Crippen LogP contribution in [0.5, 0.6) is 0 Å². The van der Waals surface area contributed by atoms with Gasteiger partial charge in [-0.1, -0.05) is 13.8 Å². The second-order valence-electron chi connectivity index (χ2n) is 4.43. The van der Waals surface area contributed by atoms with E-state index < -0.39 is 0 Å². The second kappa shape index (κ2) is 6.99. The highest BCUT2D eigenvalue weighted by atomic mass is 32.1. The summed E-state index contributed by atoms with van der Waals surface area (Å²) in [6, 6.07) is 0.415. The van der Waals surface area contributed by atoms with Gasteiger partial charge in [0.05, 0.1) is 11.2 Å². The Labute approximate surface area is 102 Å². The molecule has 0 saturated heterocycles. The van der Waals surface area contributed by atoms with Crippen LogP contribution >= 0.6 is 11.3 Å². The molecule has 0 radical (unpaired) electrons. The lowest BCUT2D eigenvalue weighted by Crippen LogP contribution is -2.36. The minimum Gasteiger partial charge on any atom is -0.396 e. The lowest BCUT2D eigenvalue weighted by molar-refractivity contribution is 0.245. The zero-order valence-electron chi connectivity index (χ0n) is 10.4. The highest BCUT2D eigenvalue weighted by Gasteiger charge is 2.11. The van der Waals surface area contributed by atoms with Crippen molar-refractivity contribution in [2.24, 2.45) is 5.92 Å². The van der Waals surface area contributed by atoms with Crippen LogP contribution in [0.4, 0.5) is 0 Å². The van der Waals surface area contributed by atoms with Gasteiger partial charge in [-0.05, 0) is 25.7 Å². The van der Waals surface area contributed by atoms with E-state index in [1.807, 2.05) is 5.51 Å². The van der Waals surface area contributed by atoms with Crippen molar-refractivity contribution in [1.29, 1.82) is 0 Å². The quantitative estimate of drug-likeness (QED) is 0.768. The molecule has 2 N–H and O–H groups in total. The molecule has 0 spiro atoms. The topological polar surface area (TPSA) is 45.2 Å². The maximum Gasteiger partial charge on any atom is 0.0797 e. The van der Waals surface area contributed by atoms with Crippen LogP contribution in [0.1, 0.15) is 30.8 Å². The third-order valence-electron chi connectivity index (χ3n) is 2.85. The van der Waals surface area contributed by atoms with Crippen molar-refractivity contribution < 1.29 is 5.11 Å². The second-order valence-corrected chi connectivity index (χ2v) is 5.37. The Balaban J connectivity index is 2.30. The Bertz CT molecular complexity index is 299. The van der Waals surface area contributed by atoms with Crippen molar-refractivity contribution >= 4 is 11.3 Å². The number of aromatic nitrogens is 1. The molecule has 0 bridgehead atoms. The van der Waals surface area contributed by atoms with E-state index in [-0.39, 0.29) is 6.61 Å². The van der Waals surface area contributed by atoms with Gasteiger partial charge in [0.2, 0.25) is 0 Å². The van der Waals surface area contributed by atoms with Gasteiger partial charge in [0.15, 0.2) is 0 Å². The Kier molecular flexibility index (Phi) is 5.95. The van der Waals surface area contributed by atoms with E-state index in [0.717, 1.165) is 25.1 Å². The first-order chi connectivity index (χ1) is 7.65. The van der Waals surface area contributed by atoms with Gasteiger partial charge in [0, 0.05) is 24.1 Å². The summed E-state index contributed by atoms with van der Waals surface area (Å²) in [4.78, 5) is 5.60. The highest BCUT2D eigenvalue weighted by Crippen LogP contribution is 2.12. The monoisotopic (exact) mass is 242 g/mol. The zero-order chi connectivity index (χ0) is 12.0. The van der Waals surface area contributed by atoms with E-state index in [0.29, 0.717) is 12.0 Å². The molecule has 3 nitrogen and oxygen atoms in total. The van der Waals surface area contributed by atoms with Gasteiger partial charge < -0.3 is 10.4 Å². The van der Waals surface area contributed by atoms with Crippen LogP contribution < -0.4 is 5.32 Å². The van der Waals surface area contributed by atoms with E-state index in [9.17, 15) is 0 Å². The Morgan fingerprint density at radius 1 is 1.50 bits per heavy atom. The van der Waals surface area contributed by atoms with Gasteiger partial charge in [-0.25, -0.2) is 4.98 Å². The minimum atomic E-state index is 0.259. The summed E-state index contributed by atoms with van der Waals surface area (Å²) < 4.78 is 0. The molecule has 1 unspecified atom stereocenters. The smallest absolute Gasteiger partial charge is 0.0797 e. The fraction of sp³-hybridized carbons (Fsp3) is 0.750. The molecular weight excluding hydrogens is 220 g/mol. The maximum absolute atomic E-state index is 8.97. The number of nitrogens with one attached hydrogen (secondary N) is 1. The number of aliphatic hydroxyl groups is 1. The predicted molar refractivity (Wildman–Crippen MR) is 68.9 cm³/mol. The third-order valence-corrected chi connectivity index (χ3v) is 3.84. The van der Waals surface area contributed by atoms with Crippen LogP contribution in [0.25, 0.3) is 0 Å². The van der Waals surface area contributed by atoms with Crippen LogP contribution in [0, 0.1) is 12.8 Å². The fourth-order valence-electron chi connectivity index (χ4n) is 1.75. The molecule has 1 heterocycles. The first-order valence-electron chi connectivity index (χ1n) is 5.88. The maximum atomic E-state index is 8.97. The lowest BCUT2D eigenvalue weighted by Gasteiger charge is -2.21. The molecule has 0 aliphatic carbocycles. The van der Waals surface area contributed by atoms with Crippen LogP contribution in [0.3, 0.4) is 0 Å². The van der Waals surface area contributed by atoms with E-state index in [1.165, 1.54) is 4.88 Å². The summed E-state index contributed by atoms with van der Waals surface area (Å²) in [6.07, 6.45) is 1.87. The van der Waals surface area contributed by atoms with E-state index >= 15 is 0 Å². The molecule has 1 aromatic rings. The number of aryl methyl sites for hydroxylation is 1. The molecule has 1 atom stereocenters. The molecule has 0 saturated carbocycles. The van der Waals surface area contributed by atoms with Crippen molar-refractivity contribution in [3.05, 3.63) is 16.1 Å². The van der Waals surface area contributed by atoms with Crippen molar-refractivity contribution in [3.8, 4) is 0 Å². The molecule has 92 valence electrons. The van der Waals surface area contributed by atoms with Crippen LogP contribution in [-0.4, -0.2) is 29.3 Å². The predicted octanol–water partition coefficient (Wildman–Crippen LogP) is 1.99. The summed E-state index contributed by atoms with van der Waals surface area (Å²) in [7, 11) is 0. The molecule has 4 heteroatoms. The summed E-state index contributed by atoms with van der Waals surface area (Å²) in [6.45, 7) is 7.65. The van der Waals surface area contributed by atoms with Crippen LogP contribution in [0.2, 0.25) is 0 Å². The number of aliphatic hydroxyl groups excluding tert-OH is 1. The molecule has 0 aliphatic heterocycles. The van der Waals surface area contributed by atoms with Gasteiger partial charge in [0.25, 0.3) is 0 Å². The van der Waals surface area contributed by atoms with Gasteiger partial charge >= 0.3 is 0 Å². The third kappa shape index (κ3) is 4.20. The minimum absolute atomic E-state index is 0.259. The molecule has 0 aliphatic rings. The Morgan fingerprint density at radius 3 is 2.75 bits per heavy atom. The Morgan fingerprint density at radius 2 is 2.25 bits per heavy atom. The SMILES string of the molecule is Cc1ncsc1CCNC(CCO)C(C)C. The number of hydrogen-bond acceptors (Lipinski definition) is 4. The molecule has 0 fully saturated rings. The van der Waals surface area contributed by atoms with Gasteiger partial charge in [0.1, 0.15) is 0 Å². The number of hydrogen-bond donors (Lipinski definition) is 2. The van der Waals surface area contributed by atoms with Crippen molar-refractivity contribution in [2.75, 3.05) is 13.2 Å². The largest absolute Gasteiger partial charge is 0.396 e. The Hall–Kier alpha value is -0.450. The average Bonchev–Trinajstić information content (AvgIpc) is 2.63.